The smallest absolute Gasteiger partial charge is 0.230 e. The van der Waals surface area contributed by atoms with Crippen molar-refractivity contribution >= 4 is 23.5 Å². The van der Waals surface area contributed by atoms with Crippen LogP contribution in [0.5, 0.6) is 0 Å². The molecule has 2 atom stereocenters. The normalized spacial score (nSPS) is 17.9. The lowest BCUT2D eigenvalue weighted by atomic mass is 10.0. The zero-order valence-corrected chi connectivity index (χ0v) is 17.6. The Hall–Kier alpha value is -2.08. The summed E-state index contributed by atoms with van der Waals surface area (Å²) >= 11 is 1.47. The van der Waals surface area contributed by atoms with Gasteiger partial charge >= 0.3 is 0 Å². The molecule has 1 amide bonds. The molecule has 0 radical (unpaired) electrons. The highest BCUT2D eigenvalue weighted by Gasteiger charge is 2.18. The van der Waals surface area contributed by atoms with Crippen molar-refractivity contribution in [3.05, 3.63) is 48.3 Å². The van der Waals surface area contributed by atoms with Crippen LogP contribution in [0.2, 0.25) is 0 Å². The van der Waals surface area contributed by atoms with Crippen LogP contribution < -0.4 is 10.2 Å². The van der Waals surface area contributed by atoms with Gasteiger partial charge in [0.2, 0.25) is 5.91 Å². The SMILES string of the molecule is C[C@H]1CCCN(c2cc(SCC(=O)N[C@@H](C)CCc3ccccc3)ncn2)C1. The monoisotopic (exact) mass is 398 g/mol. The molecule has 1 N–H and O–H groups in total. The highest BCUT2D eigenvalue weighted by atomic mass is 32.2. The summed E-state index contributed by atoms with van der Waals surface area (Å²) in [6.07, 6.45) is 6.00. The molecule has 2 heterocycles. The number of nitrogens with one attached hydrogen (secondary N) is 1. The summed E-state index contributed by atoms with van der Waals surface area (Å²) < 4.78 is 0. The number of hydrogen-bond acceptors (Lipinski definition) is 5. The Kier molecular flexibility index (Phi) is 7.71. The predicted octanol–water partition coefficient (Wildman–Crippen LogP) is 3.94. The van der Waals surface area contributed by atoms with E-state index in [0.717, 1.165) is 36.8 Å². The number of benzene rings is 1. The van der Waals surface area contributed by atoms with Crippen molar-refractivity contribution < 1.29 is 4.79 Å². The van der Waals surface area contributed by atoms with Crippen LogP contribution >= 0.6 is 11.8 Å². The minimum absolute atomic E-state index is 0.0531. The summed E-state index contributed by atoms with van der Waals surface area (Å²) in [5.41, 5.74) is 1.30. The molecule has 1 aliphatic rings. The first-order chi connectivity index (χ1) is 13.6. The Morgan fingerprint density at radius 2 is 2.14 bits per heavy atom. The Balaban J connectivity index is 1.43. The zero-order chi connectivity index (χ0) is 19.8. The molecular weight excluding hydrogens is 368 g/mol. The molecule has 6 heteroatoms. The van der Waals surface area contributed by atoms with E-state index < -0.39 is 0 Å². The Labute approximate surface area is 172 Å². The fraction of sp³-hybridized carbons (Fsp3) is 0.500. The van der Waals surface area contributed by atoms with Crippen LogP contribution in [0.4, 0.5) is 5.82 Å². The molecular formula is C22H30N4OS. The first-order valence-corrected chi connectivity index (χ1v) is 11.1. The van der Waals surface area contributed by atoms with Gasteiger partial charge in [-0.2, -0.15) is 0 Å². The standard InChI is InChI=1S/C22H30N4OS/c1-17-7-6-12-26(14-17)20-13-22(24-16-23-20)28-15-21(27)25-18(2)10-11-19-8-4-3-5-9-19/h3-5,8-9,13,16-18H,6-7,10-12,14-15H2,1-2H3,(H,25,27)/t17-,18-/m0/s1. The van der Waals surface area contributed by atoms with Crippen molar-refractivity contribution in [3.63, 3.8) is 0 Å². The number of anilines is 1. The number of thioether (sulfide) groups is 1. The number of rotatable bonds is 8. The third kappa shape index (κ3) is 6.51. The fourth-order valence-electron chi connectivity index (χ4n) is 3.54. The maximum absolute atomic E-state index is 12.3. The van der Waals surface area contributed by atoms with E-state index in [1.165, 1.54) is 30.2 Å². The van der Waals surface area contributed by atoms with Gasteiger partial charge in [-0.25, -0.2) is 9.97 Å². The summed E-state index contributed by atoms with van der Waals surface area (Å²) in [4.78, 5) is 23.4. The van der Waals surface area contributed by atoms with Crippen LogP contribution in [0.15, 0.2) is 47.8 Å². The van der Waals surface area contributed by atoms with Gasteiger partial charge in [0.25, 0.3) is 0 Å². The van der Waals surface area contributed by atoms with Crippen molar-refractivity contribution in [1.82, 2.24) is 15.3 Å². The maximum atomic E-state index is 12.3. The third-order valence-corrected chi connectivity index (χ3v) is 6.00. The van der Waals surface area contributed by atoms with Crippen molar-refractivity contribution in [2.24, 2.45) is 5.92 Å². The van der Waals surface area contributed by atoms with Crippen LogP contribution in [0.1, 0.15) is 38.7 Å². The highest BCUT2D eigenvalue weighted by Crippen LogP contribution is 2.24. The van der Waals surface area contributed by atoms with Crippen molar-refractivity contribution in [2.45, 2.75) is 50.6 Å². The summed E-state index contributed by atoms with van der Waals surface area (Å²) in [5, 5.41) is 3.95. The van der Waals surface area contributed by atoms with Gasteiger partial charge in [0, 0.05) is 25.2 Å². The van der Waals surface area contributed by atoms with E-state index in [2.05, 4.69) is 58.3 Å². The van der Waals surface area contributed by atoms with Gasteiger partial charge in [-0.15, -0.1) is 0 Å². The lowest BCUT2D eigenvalue weighted by Crippen LogP contribution is -2.35. The van der Waals surface area contributed by atoms with Crippen molar-refractivity contribution in [1.29, 1.82) is 0 Å². The molecule has 1 aromatic heterocycles. The Morgan fingerprint density at radius 1 is 1.32 bits per heavy atom. The first kappa shape index (κ1) is 20.6. The zero-order valence-electron chi connectivity index (χ0n) is 16.8. The minimum atomic E-state index is 0.0531. The summed E-state index contributed by atoms with van der Waals surface area (Å²) in [5.74, 6) is 2.10. The second-order valence-corrected chi connectivity index (χ2v) is 8.68. The molecule has 0 saturated carbocycles. The molecule has 1 fully saturated rings. The van der Waals surface area contributed by atoms with E-state index in [9.17, 15) is 4.79 Å². The number of aromatic nitrogens is 2. The van der Waals surface area contributed by atoms with Gasteiger partial charge in [0.15, 0.2) is 0 Å². The number of carbonyl (C=O) groups excluding carboxylic acids is 1. The molecule has 1 aromatic carbocycles. The maximum Gasteiger partial charge on any atom is 0.230 e. The molecule has 28 heavy (non-hydrogen) atoms. The third-order valence-electron chi connectivity index (χ3n) is 5.08. The van der Waals surface area contributed by atoms with Gasteiger partial charge in [-0.3, -0.25) is 4.79 Å². The van der Waals surface area contributed by atoms with E-state index >= 15 is 0 Å². The quantitative estimate of drug-likeness (QED) is 0.539. The topological polar surface area (TPSA) is 58.1 Å². The molecule has 0 aliphatic carbocycles. The van der Waals surface area contributed by atoms with E-state index in [0.29, 0.717) is 11.7 Å². The number of nitrogens with zero attached hydrogens (tertiary/aromatic N) is 3. The largest absolute Gasteiger partial charge is 0.356 e. The molecule has 1 aliphatic heterocycles. The van der Waals surface area contributed by atoms with Crippen LogP contribution in [0.3, 0.4) is 0 Å². The Morgan fingerprint density at radius 3 is 2.93 bits per heavy atom. The van der Waals surface area contributed by atoms with Gasteiger partial charge in [-0.05, 0) is 44.1 Å². The second kappa shape index (κ2) is 10.5. The van der Waals surface area contributed by atoms with E-state index in [4.69, 9.17) is 0 Å². The number of piperidine rings is 1. The molecule has 0 spiro atoms. The minimum Gasteiger partial charge on any atom is -0.356 e. The van der Waals surface area contributed by atoms with E-state index in [1.54, 1.807) is 6.33 Å². The van der Waals surface area contributed by atoms with E-state index in [-0.39, 0.29) is 11.9 Å². The van der Waals surface area contributed by atoms with Gasteiger partial charge < -0.3 is 10.2 Å². The lowest BCUT2D eigenvalue weighted by Gasteiger charge is -2.31. The van der Waals surface area contributed by atoms with Gasteiger partial charge in [0.05, 0.1) is 5.75 Å². The molecule has 3 rings (SSSR count). The Bertz CT molecular complexity index is 755. The van der Waals surface area contributed by atoms with Gasteiger partial charge in [0.1, 0.15) is 17.2 Å². The van der Waals surface area contributed by atoms with E-state index in [1.807, 2.05) is 12.1 Å². The number of hydrogen-bond donors (Lipinski definition) is 1. The predicted molar refractivity (Wildman–Crippen MR) is 116 cm³/mol. The number of carbonyl (C=O) groups is 1. The molecule has 0 bridgehead atoms. The molecule has 1 saturated heterocycles. The molecule has 5 nitrogen and oxygen atoms in total. The number of amides is 1. The van der Waals surface area contributed by atoms with Crippen molar-refractivity contribution in [2.75, 3.05) is 23.7 Å². The fourth-order valence-corrected chi connectivity index (χ4v) is 4.21. The summed E-state index contributed by atoms with van der Waals surface area (Å²) in [7, 11) is 0. The molecule has 2 aromatic rings. The lowest BCUT2D eigenvalue weighted by molar-refractivity contribution is -0.119. The summed E-state index contributed by atoms with van der Waals surface area (Å²) in [6, 6.07) is 12.5. The average Bonchev–Trinajstić information content (AvgIpc) is 2.72. The molecule has 0 unspecified atom stereocenters. The van der Waals surface area contributed by atoms with Crippen LogP contribution in [-0.2, 0) is 11.2 Å². The first-order valence-electron chi connectivity index (χ1n) is 10.1. The van der Waals surface area contributed by atoms with Crippen LogP contribution in [0.25, 0.3) is 0 Å². The van der Waals surface area contributed by atoms with Gasteiger partial charge in [-0.1, -0.05) is 49.0 Å². The molecule has 150 valence electrons. The highest BCUT2D eigenvalue weighted by molar-refractivity contribution is 7.99. The van der Waals surface area contributed by atoms with Crippen LogP contribution in [-0.4, -0.2) is 40.8 Å². The second-order valence-electron chi connectivity index (χ2n) is 7.69. The summed E-state index contributed by atoms with van der Waals surface area (Å²) in [6.45, 7) is 6.43. The average molecular weight is 399 g/mol. The van der Waals surface area contributed by atoms with Crippen molar-refractivity contribution in [3.8, 4) is 0 Å². The number of aryl methyl sites for hydroxylation is 1. The van der Waals surface area contributed by atoms with Crippen LogP contribution in [0, 0.1) is 5.92 Å².